The molecule has 0 aliphatic heterocycles. The number of aromatic nitrogens is 1. The van der Waals surface area contributed by atoms with Crippen LogP contribution in [0.15, 0.2) is 6.07 Å². The first-order chi connectivity index (χ1) is 6.06. The summed E-state index contributed by atoms with van der Waals surface area (Å²) >= 11 is 0. The van der Waals surface area contributed by atoms with Crippen molar-refractivity contribution >= 4 is 6.29 Å². The molecule has 0 spiro atoms. The van der Waals surface area contributed by atoms with Crippen LogP contribution in [-0.2, 0) is 0 Å². The van der Waals surface area contributed by atoms with E-state index in [1.165, 1.54) is 6.92 Å². The standard InChI is InChI=1S/C8H7F2NO2/c1-4-7(13)2-5(8(9)10)6(3-12)11-4/h2-3,8,13H,1H3. The summed E-state index contributed by atoms with van der Waals surface area (Å²) in [4.78, 5) is 13.8. The number of carbonyl (C=O) groups is 1. The number of rotatable bonds is 2. The first kappa shape index (κ1) is 9.57. The van der Waals surface area contributed by atoms with Crippen molar-refractivity contribution in [2.45, 2.75) is 13.3 Å². The van der Waals surface area contributed by atoms with Gasteiger partial charge in [0, 0.05) is 0 Å². The summed E-state index contributed by atoms with van der Waals surface area (Å²) in [6.45, 7) is 1.43. The summed E-state index contributed by atoms with van der Waals surface area (Å²) in [7, 11) is 0. The highest BCUT2D eigenvalue weighted by Crippen LogP contribution is 2.26. The fraction of sp³-hybridized carbons (Fsp3) is 0.250. The number of nitrogens with zero attached hydrogens (tertiary/aromatic N) is 1. The molecule has 0 radical (unpaired) electrons. The van der Waals surface area contributed by atoms with Crippen molar-refractivity contribution in [2.75, 3.05) is 0 Å². The number of hydrogen-bond donors (Lipinski definition) is 1. The minimum Gasteiger partial charge on any atom is -0.506 e. The summed E-state index contributed by atoms with van der Waals surface area (Å²) in [5, 5.41) is 9.06. The van der Waals surface area contributed by atoms with Gasteiger partial charge in [-0.1, -0.05) is 0 Å². The predicted octanol–water partition coefficient (Wildman–Crippen LogP) is 1.85. The SMILES string of the molecule is Cc1nc(C=O)c(C(F)F)cc1O. The number of pyridine rings is 1. The van der Waals surface area contributed by atoms with Gasteiger partial charge in [-0.25, -0.2) is 13.8 Å². The number of halogens is 2. The molecule has 1 aromatic rings. The first-order valence-corrected chi connectivity index (χ1v) is 3.50. The van der Waals surface area contributed by atoms with Crippen LogP contribution in [0.3, 0.4) is 0 Å². The third-order valence-electron chi connectivity index (χ3n) is 1.59. The normalized spacial score (nSPS) is 10.5. The number of hydrogen-bond acceptors (Lipinski definition) is 3. The van der Waals surface area contributed by atoms with Gasteiger partial charge < -0.3 is 5.11 Å². The van der Waals surface area contributed by atoms with E-state index in [1.54, 1.807) is 0 Å². The van der Waals surface area contributed by atoms with Crippen LogP contribution in [0.5, 0.6) is 5.75 Å². The lowest BCUT2D eigenvalue weighted by Gasteiger charge is -2.05. The van der Waals surface area contributed by atoms with E-state index in [-0.39, 0.29) is 23.4 Å². The quantitative estimate of drug-likeness (QED) is 0.718. The number of carbonyl (C=O) groups excluding carboxylic acids is 1. The van der Waals surface area contributed by atoms with E-state index in [4.69, 9.17) is 5.11 Å². The molecule has 1 rings (SSSR count). The summed E-state index contributed by atoms with van der Waals surface area (Å²) in [5.41, 5.74) is -0.713. The van der Waals surface area contributed by atoms with E-state index in [0.717, 1.165) is 6.07 Å². The maximum atomic E-state index is 12.2. The molecule has 0 aromatic carbocycles. The first-order valence-electron chi connectivity index (χ1n) is 3.50. The predicted molar refractivity (Wildman–Crippen MR) is 41.0 cm³/mol. The molecule has 1 aromatic heterocycles. The van der Waals surface area contributed by atoms with Gasteiger partial charge in [0.15, 0.2) is 6.29 Å². The second-order valence-corrected chi connectivity index (χ2v) is 2.49. The molecule has 0 bridgehead atoms. The van der Waals surface area contributed by atoms with Crippen LogP contribution in [0, 0.1) is 6.92 Å². The van der Waals surface area contributed by atoms with Crippen LogP contribution in [0.1, 0.15) is 28.2 Å². The zero-order valence-electron chi connectivity index (χ0n) is 6.79. The molecule has 1 heterocycles. The summed E-state index contributed by atoms with van der Waals surface area (Å²) in [6, 6.07) is 0.858. The molecular weight excluding hydrogens is 180 g/mol. The smallest absolute Gasteiger partial charge is 0.266 e. The second kappa shape index (κ2) is 3.47. The fourth-order valence-electron chi connectivity index (χ4n) is 0.897. The molecule has 0 aliphatic rings. The van der Waals surface area contributed by atoms with Crippen molar-refractivity contribution < 1.29 is 18.7 Å². The summed E-state index contributed by atoms with van der Waals surface area (Å²) in [6.07, 6.45) is -2.56. The molecule has 0 unspecified atom stereocenters. The molecule has 0 saturated carbocycles. The molecule has 0 fully saturated rings. The third kappa shape index (κ3) is 1.80. The number of aromatic hydroxyl groups is 1. The Morgan fingerprint density at radius 3 is 2.69 bits per heavy atom. The van der Waals surface area contributed by atoms with Gasteiger partial charge in [-0.3, -0.25) is 4.79 Å². The topological polar surface area (TPSA) is 50.2 Å². The Morgan fingerprint density at radius 1 is 1.62 bits per heavy atom. The number of alkyl halides is 2. The maximum Gasteiger partial charge on any atom is 0.266 e. The van der Waals surface area contributed by atoms with E-state index in [1.807, 2.05) is 0 Å². The molecule has 5 heteroatoms. The molecule has 70 valence electrons. The molecule has 0 saturated heterocycles. The zero-order chi connectivity index (χ0) is 10.0. The van der Waals surface area contributed by atoms with Crippen LogP contribution in [0.25, 0.3) is 0 Å². The van der Waals surface area contributed by atoms with Gasteiger partial charge in [-0.15, -0.1) is 0 Å². The Kier molecular flexibility index (Phi) is 2.55. The molecule has 3 nitrogen and oxygen atoms in total. The Hall–Kier alpha value is -1.52. The average Bonchev–Trinajstić information content (AvgIpc) is 2.08. The molecule has 1 N–H and O–H groups in total. The minimum absolute atomic E-state index is 0.159. The van der Waals surface area contributed by atoms with Crippen molar-refractivity contribution in [1.82, 2.24) is 4.98 Å². The monoisotopic (exact) mass is 187 g/mol. The third-order valence-corrected chi connectivity index (χ3v) is 1.59. The van der Waals surface area contributed by atoms with Crippen LogP contribution in [0.2, 0.25) is 0 Å². The highest BCUT2D eigenvalue weighted by Gasteiger charge is 2.16. The van der Waals surface area contributed by atoms with Gasteiger partial charge in [0.2, 0.25) is 0 Å². The molecular formula is C8H7F2NO2. The zero-order valence-corrected chi connectivity index (χ0v) is 6.79. The van der Waals surface area contributed by atoms with Crippen molar-refractivity contribution in [2.24, 2.45) is 0 Å². The highest BCUT2D eigenvalue weighted by molar-refractivity contribution is 5.75. The van der Waals surface area contributed by atoms with Gasteiger partial charge in [0.1, 0.15) is 11.4 Å². The largest absolute Gasteiger partial charge is 0.506 e. The van der Waals surface area contributed by atoms with Crippen LogP contribution in [0.4, 0.5) is 8.78 Å². The highest BCUT2D eigenvalue weighted by atomic mass is 19.3. The van der Waals surface area contributed by atoms with Gasteiger partial charge >= 0.3 is 0 Å². The van der Waals surface area contributed by atoms with E-state index in [0.29, 0.717) is 0 Å². The van der Waals surface area contributed by atoms with Crippen molar-refractivity contribution in [3.05, 3.63) is 23.0 Å². The van der Waals surface area contributed by atoms with Gasteiger partial charge in [-0.05, 0) is 13.0 Å². The van der Waals surface area contributed by atoms with Crippen LogP contribution >= 0.6 is 0 Å². The number of aldehydes is 1. The summed E-state index contributed by atoms with van der Waals surface area (Å²) < 4.78 is 24.4. The molecule has 13 heavy (non-hydrogen) atoms. The Balaban J connectivity index is 3.32. The van der Waals surface area contributed by atoms with Gasteiger partial charge in [-0.2, -0.15) is 0 Å². The maximum absolute atomic E-state index is 12.2. The van der Waals surface area contributed by atoms with Crippen LogP contribution in [-0.4, -0.2) is 16.4 Å². The second-order valence-electron chi connectivity index (χ2n) is 2.49. The lowest BCUT2D eigenvalue weighted by Crippen LogP contribution is -1.99. The lowest BCUT2D eigenvalue weighted by atomic mass is 10.2. The summed E-state index contributed by atoms with van der Waals surface area (Å²) in [5.74, 6) is -0.332. The Morgan fingerprint density at radius 2 is 2.23 bits per heavy atom. The van der Waals surface area contributed by atoms with Crippen molar-refractivity contribution in [1.29, 1.82) is 0 Å². The Labute approximate surface area is 73.0 Å². The molecule has 0 atom stereocenters. The van der Waals surface area contributed by atoms with Crippen molar-refractivity contribution in [3.8, 4) is 5.75 Å². The number of aryl methyl sites for hydroxylation is 1. The van der Waals surface area contributed by atoms with Crippen LogP contribution < -0.4 is 0 Å². The van der Waals surface area contributed by atoms with Crippen molar-refractivity contribution in [3.63, 3.8) is 0 Å². The lowest BCUT2D eigenvalue weighted by molar-refractivity contribution is 0.110. The van der Waals surface area contributed by atoms with E-state index < -0.39 is 12.0 Å². The minimum atomic E-state index is -2.81. The van der Waals surface area contributed by atoms with E-state index in [2.05, 4.69) is 4.98 Å². The fourth-order valence-corrected chi connectivity index (χ4v) is 0.897. The van der Waals surface area contributed by atoms with Gasteiger partial charge in [0.05, 0.1) is 11.3 Å². The van der Waals surface area contributed by atoms with E-state index >= 15 is 0 Å². The van der Waals surface area contributed by atoms with E-state index in [9.17, 15) is 13.6 Å². The molecule has 0 amide bonds. The average molecular weight is 187 g/mol. The Bertz CT molecular complexity index is 339. The van der Waals surface area contributed by atoms with Gasteiger partial charge in [0.25, 0.3) is 6.43 Å². The molecule has 0 aliphatic carbocycles.